The van der Waals surface area contributed by atoms with Crippen LogP contribution in [0.1, 0.15) is 26.7 Å². The molecule has 1 atom stereocenters. The van der Waals surface area contributed by atoms with Gasteiger partial charge in [-0.1, -0.05) is 0 Å². The molecule has 0 aromatic heterocycles. The van der Waals surface area contributed by atoms with Gasteiger partial charge in [-0.15, -0.1) is 0 Å². The molecule has 84 valence electrons. The minimum Gasteiger partial charge on any atom is -0.369 e. The number of carbonyl (C=O) groups is 3. The molecule has 2 N–H and O–H groups in total. The smallest absolute Gasteiger partial charge is 0.230 e. The van der Waals surface area contributed by atoms with E-state index in [1.807, 2.05) is 0 Å². The highest BCUT2D eigenvalue weighted by Gasteiger charge is 2.40. The van der Waals surface area contributed by atoms with Gasteiger partial charge in [-0.2, -0.15) is 0 Å². The van der Waals surface area contributed by atoms with Crippen LogP contribution in [0.15, 0.2) is 0 Å². The summed E-state index contributed by atoms with van der Waals surface area (Å²) in [4.78, 5) is 35.0. The molecule has 2 amide bonds. The fourth-order valence-electron chi connectivity index (χ4n) is 1.70. The molecule has 1 aliphatic rings. The molecular formula is C10H16N2O3. The number of amides is 2. The van der Waals surface area contributed by atoms with Crippen LogP contribution in [0.5, 0.6) is 0 Å². The Hall–Kier alpha value is -1.39. The summed E-state index contributed by atoms with van der Waals surface area (Å²) in [5, 5.41) is 0. The lowest BCUT2D eigenvalue weighted by molar-refractivity contribution is -0.134. The molecule has 1 fully saturated rings. The van der Waals surface area contributed by atoms with Crippen molar-refractivity contribution in [1.82, 2.24) is 4.90 Å². The predicted octanol–water partition coefficient (Wildman–Crippen LogP) is -0.311. The van der Waals surface area contributed by atoms with Crippen LogP contribution < -0.4 is 5.73 Å². The summed E-state index contributed by atoms with van der Waals surface area (Å²) in [5.41, 5.74) is 4.62. The quantitative estimate of drug-likeness (QED) is 0.651. The van der Waals surface area contributed by atoms with E-state index in [2.05, 4.69) is 0 Å². The van der Waals surface area contributed by atoms with Crippen molar-refractivity contribution in [1.29, 1.82) is 0 Å². The molecule has 0 saturated carbocycles. The SMILES string of the molecule is CC(=O)CC(=O)N1CCC(C)(C(N)=O)C1. The topological polar surface area (TPSA) is 80.5 Å². The molecule has 0 radical (unpaired) electrons. The van der Waals surface area contributed by atoms with Crippen LogP contribution in [-0.4, -0.2) is 35.6 Å². The molecule has 0 bridgehead atoms. The van der Waals surface area contributed by atoms with Crippen molar-refractivity contribution in [3.05, 3.63) is 0 Å². The van der Waals surface area contributed by atoms with Crippen LogP contribution >= 0.6 is 0 Å². The van der Waals surface area contributed by atoms with Gasteiger partial charge in [0.2, 0.25) is 11.8 Å². The van der Waals surface area contributed by atoms with E-state index >= 15 is 0 Å². The Labute approximate surface area is 88.6 Å². The average molecular weight is 212 g/mol. The molecule has 5 nitrogen and oxygen atoms in total. The van der Waals surface area contributed by atoms with Crippen LogP contribution in [0.2, 0.25) is 0 Å². The Kier molecular flexibility index (Phi) is 3.12. The second-order valence-corrected chi connectivity index (χ2v) is 4.37. The number of Topliss-reactive ketones (excluding diaryl/α,β-unsaturated/α-hetero) is 1. The van der Waals surface area contributed by atoms with Crippen molar-refractivity contribution >= 4 is 17.6 Å². The molecule has 0 aromatic rings. The summed E-state index contributed by atoms with van der Waals surface area (Å²) in [6.07, 6.45) is 0.487. The van der Waals surface area contributed by atoms with Crippen molar-refractivity contribution in [2.24, 2.45) is 11.1 Å². The van der Waals surface area contributed by atoms with Crippen molar-refractivity contribution < 1.29 is 14.4 Å². The summed E-state index contributed by atoms with van der Waals surface area (Å²) < 4.78 is 0. The number of nitrogens with two attached hydrogens (primary N) is 1. The van der Waals surface area contributed by atoms with Gasteiger partial charge >= 0.3 is 0 Å². The van der Waals surface area contributed by atoms with Gasteiger partial charge in [-0.3, -0.25) is 14.4 Å². The number of hydrogen-bond donors (Lipinski definition) is 1. The van der Waals surface area contributed by atoms with E-state index < -0.39 is 5.41 Å². The molecule has 1 heterocycles. The molecule has 1 unspecified atom stereocenters. The third-order valence-corrected chi connectivity index (χ3v) is 2.82. The predicted molar refractivity (Wildman–Crippen MR) is 53.8 cm³/mol. The average Bonchev–Trinajstić information content (AvgIpc) is 2.48. The Balaban J connectivity index is 2.60. The molecule has 0 aromatic carbocycles. The highest BCUT2D eigenvalue weighted by Crippen LogP contribution is 2.29. The first-order chi connectivity index (χ1) is 6.85. The number of ketones is 1. The van der Waals surface area contributed by atoms with Gasteiger partial charge in [0.05, 0.1) is 11.8 Å². The minimum absolute atomic E-state index is 0.0885. The Bertz CT molecular complexity index is 314. The van der Waals surface area contributed by atoms with E-state index in [0.717, 1.165) is 0 Å². The van der Waals surface area contributed by atoms with Crippen LogP contribution in [0, 0.1) is 5.41 Å². The van der Waals surface area contributed by atoms with Crippen molar-refractivity contribution in [3.63, 3.8) is 0 Å². The normalized spacial score (nSPS) is 25.3. The van der Waals surface area contributed by atoms with Gasteiger partial charge in [0.25, 0.3) is 0 Å². The fourth-order valence-corrected chi connectivity index (χ4v) is 1.70. The summed E-state index contributed by atoms with van der Waals surface area (Å²) in [6.45, 7) is 3.96. The number of carbonyl (C=O) groups excluding carboxylic acids is 3. The second kappa shape index (κ2) is 4.00. The lowest BCUT2D eigenvalue weighted by atomic mass is 9.89. The van der Waals surface area contributed by atoms with Crippen molar-refractivity contribution in [2.75, 3.05) is 13.1 Å². The van der Waals surface area contributed by atoms with E-state index in [1.54, 1.807) is 6.92 Å². The maximum Gasteiger partial charge on any atom is 0.230 e. The van der Waals surface area contributed by atoms with Crippen LogP contribution in [0.25, 0.3) is 0 Å². The zero-order valence-electron chi connectivity index (χ0n) is 9.08. The zero-order chi connectivity index (χ0) is 11.6. The van der Waals surface area contributed by atoms with Crippen LogP contribution in [-0.2, 0) is 14.4 Å². The van der Waals surface area contributed by atoms with Crippen LogP contribution in [0.4, 0.5) is 0 Å². The summed E-state index contributed by atoms with van der Waals surface area (Å²) in [6, 6.07) is 0. The number of nitrogens with zero attached hydrogens (tertiary/aromatic N) is 1. The molecule has 0 aliphatic carbocycles. The van der Waals surface area contributed by atoms with E-state index in [0.29, 0.717) is 19.5 Å². The highest BCUT2D eigenvalue weighted by molar-refractivity contribution is 5.97. The zero-order valence-corrected chi connectivity index (χ0v) is 9.08. The van der Waals surface area contributed by atoms with Gasteiger partial charge in [-0.25, -0.2) is 0 Å². The Morgan fingerprint density at radius 3 is 2.40 bits per heavy atom. The van der Waals surface area contributed by atoms with Crippen molar-refractivity contribution in [2.45, 2.75) is 26.7 Å². The molecular weight excluding hydrogens is 196 g/mol. The number of hydrogen-bond acceptors (Lipinski definition) is 3. The maximum absolute atomic E-state index is 11.5. The Morgan fingerprint density at radius 2 is 2.00 bits per heavy atom. The molecule has 15 heavy (non-hydrogen) atoms. The minimum atomic E-state index is -0.632. The van der Waals surface area contributed by atoms with Gasteiger partial charge in [-0.05, 0) is 20.3 Å². The van der Waals surface area contributed by atoms with Gasteiger partial charge in [0, 0.05) is 13.1 Å². The van der Waals surface area contributed by atoms with E-state index in [9.17, 15) is 14.4 Å². The van der Waals surface area contributed by atoms with Crippen molar-refractivity contribution in [3.8, 4) is 0 Å². The first-order valence-corrected chi connectivity index (χ1v) is 4.92. The first-order valence-electron chi connectivity index (χ1n) is 4.92. The van der Waals surface area contributed by atoms with E-state index in [1.165, 1.54) is 11.8 Å². The van der Waals surface area contributed by atoms with Gasteiger partial charge in [0.1, 0.15) is 5.78 Å². The monoisotopic (exact) mass is 212 g/mol. The lowest BCUT2D eigenvalue weighted by Crippen LogP contribution is -2.39. The van der Waals surface area contributed by atoms with E-state index in [-0.39, 0.29) is 24.0 Å². The summed E-state index contributed by atoms with van der Waals surface area (Å²) in [7, 11) is 0. The standard InChI is InChI=1S/C10H16N2O3/c1-7(13)5-8(14)12-4-3-10(2,6-12)9(11)15/h3-6H2,1-2H3,(H2,11,15). The highest BCUT2D eigenvalue weighted by atomic mass is 16.2. The molecule has 1 rings (SSSR count). The van der Waals surface area contributed by atoms with E-state index in [4.69, 9.17) is 5.73 Å². The Morgan fingerprint density at radius 1 is 1.40 bits per heavy atom. The maximum atomic E-state index is 11.5. The fraction of sp³-hybridized carbons (Fsp3) is 0.700. The molecule has 5 heteroatoms. The number of primary amides is 1. The van der Waals surface area contributed by atoms with Gasteiger partial charge in [0.15, 0.2) is 0 Å². The lowest BCUT2D eigenvalue weighted by Gasteiger charge is -2.20. The third kappa shape index (κ3) is 2.55. The molecule has 1 saturated heterocycles. The number of likely N-dealkylation sites (tertiary alicyclic amines) is 1. The molecule has 0 spiro atoms. The largest absolute Gasteiger partial charge is 0.369 e. The van der Waals surface area contributed by atoms with Gasteiger partial charge < -0.3 is 10.6 Å². The number of rotatable bonds is 3. The third-order valence-electron chi connectivity index (χ3n) is 2.82. The summed E-state index contributed by atoms with van der Waals surface area (Å²) in [5.74, 6) is -0.763. The van der Waals surface area contributed by atoms with Crippen LogP contribution in [0.3, 0.4) is 0 Å². The molecule has 1 aliphatic heterocycles. The first kappa shape index (κ1) is 11.7. The summed E-state index contributed by atoms with van der Waals surface area (Å²) >= 11 is 0. The second-order valence-electron chi connectivity index (χ2n) is 4.37.